The van der Waals surface area contributed by atoms with Gasteiger partial charge in [-0.15, -0.1) is 11.6 Å². The summed E-state index contributed by atoms with van der Waals surface area (Å²) in [6, 6.07) is 13.2. The average molecular weight is 312 g/mol. The Morgan fingerprint density at radius 3 is 2.58 bits per heavy atom. The zero-order valence-electron chi connectivity index (χ0n) is 9.78. The lowest BCUT2D eigenvalue weighted by molar-refractivity contribution is 0.982. The van der Waals surface area contributed by atoms with Crippen LogP contribution in [-0.2, 0) is 5.88 Å². The van der Waals surface area contributed by atoms with Gasteiger partial charge in [0.1, 0.15) is 11.3 Å². The standard InChI is InChI=1S/C14H9Cl3N2/c15-8-13-18-14-11(17)5-2-6-12(14)19(13)10-4-1-3-9(16)7-10/h1-7H,8H2. The molecule has 0 fully saturated rings. The molecule has 1 aromatic heterocycles. The van der Waals surface area contributed by atoms with Gasteiger partial charge in [-0.2, -0.15) is 0 Å². The first kappa shape index (κ1) is 12.8. The van der Waals surface area contributed by atoms with Gasteiger partial charge in [0.15, 0.2) is 0 Å². The van der Waals surface area contributed by atoms with Crippen molar-refractivity contribution in [2.75, 3.05) is 0 Å². The second-order valence-electron chi connectivity index (χ2n) is 4.08. The van der Waals surface area contributed by atoms with E-state index in [1.54, 1.807) is 0 Å². The minimum Gasteiger partial charge on any atom is -0.295 e. The van der Waals surface area contributed by atoms with Crippen LogP contribution in [0.5, 0.6) is 0 Å². The van der Waals surface area contributed by atoms with Crippen molar-refractivity contribution in [2.24, 2.45) is 0 Å². The molecule has 0 saturated heterocycles. The molecule has 0 radical (unpaired) electrons. The van der Waals surface area contributed by atoms with Crippen molar-refractivity contribution in [3.8, 4) is 5.69 Å². The van der Waals surface area contributed by atoms with Crippen LogP contribution in [0.1, 0.15) is 5.82 Å². The van der Waals surface area contributed by atoms with Gasteiger partial charge < -0.3 is 0 Å². The van der Waals surface area contributed by atoms with Gasteiger partial charge in [-0.05, 0) is 30.3 Å². The van der Waals surface area contributed by atoms with E-state index >= 15 is 0 Å². The van der Waals surface area contributed by atoms with Gasteiger partial charge in [-0.3, -0.25) is 4.57 Å². The third-order valence-corrected chi connectivity index (χ3v) is 3.67. The maximum atomic E-state index is 6.17. The minimum absolute atomic E-state index is 0.303. The molecule has 0 aliphatic carbocycles. The molecule has 2 nitrogen and oxygen atoms in total. The number of hydrogen-bond acceptors (Lipinski definition) is 1. The van der Waals surface area contributed by atoms with Gasteiger partial charge in [0.2, 0.25) is 0 Å². The van der Waals surface area contributed by atoms with Gasteiger partial charge in [0.05, 0.1) is 16.4 Å². The lowest BCUT2D eigenvalue weighted by Gasteiger charge is -2.08. The number of para-hydroxylation sites is 1. The van der Waals surface area contributed by atoms with Crippen LogP contribution in [0, 0.1) is 0 Å². The number of benzene rings is 2. The van der Waals surface area contributed by atoms with Crippen molar-refractivity contribution >= 4 is 45.8 Å². The maximum absolute atomic E-state index is 6.17. The van der Waals surface area contributed by atoms with Crippen LogP contribution in [0.25, 0.3) is 16.7 Å². The van der Waals surface area contributed by atoms with Gasteiger partial charge in [-0.25, -0.2) is 4.98 Å². The topological polar surface area (TPSA) is 17.8 Å². The molecular weight excluding hydrogens is 303 g/mol. The number of nitrogens with zero attached hydrogens (tertiary/aromatic N) is 2. The number of imidazole rings is 1. The zero-order chi connectivity index (χ0) is 13.4. The van der Waals surface area contributed by atoms with Crippen molar-refractivity contribution in [3.05, 3.63) is 58.3 Å². The Balaban J connectivity index is 2.36. The number of halogens is 3. The van der Waals surface area contributed by atoms with Crippen molar-refractivity contribution in [2.45, 2.75) is 5.88 Å². The number of fused-ring (bicyclic) bond motifs is 1. The summed E-state index contributed by atoms with van der Waals surface area (Å²) in [6.45, 7) is 0. The Morgan fingerprint density at radius 1 is 1.05 bits per heavy atom. The van der Waals surface area contributed by atoms with Gasteiger partial charge in [0.25, 0.3) is 0 Å². The summed E-state index contributed by atoms with van der Waals surface area (Å²) in [5, 5.41) is 1.28. The summed E-state index contributed by atoms with van der Waals surface area (Å²) in [7, 11) is 0. The van der Waals surface area contributed by atoms with E-state index in [9.17, 15) is 0 Å². The number of alkyl halides is 1. The highest BCUT2D eigenvalue weighted by atomic mass is 35.5. The van der Waals surface area contributed by atoms with Gasteiger partial charge >= 0.3 is 0 Å². The molecule has 0 aliphatic heterocycles. The van der Waals surface area contributed by atoms with E-state index < -0.39 is 0 Å². The molecule has 3 aromatic rings. The molecule has 0 unspecified atom stereocenters. The van der Waals surface area contributed by atoms with E-state index in [0.717, 1.165) is 22.5 Å². The van der Waals surface area contributed by atoms with Gasteiger partial charge in [-0.1, -0.05) is 35.3 Å². The molecule has 96 valence electrons. The third-order valence-electron chi connectivity index (χ3n) is 2.89. The summed E-state index contributed by atoms with van der Waals surface area (Å²) < 4.78 is 1.97. The number of rotatable bonds is 2. The fourth-order valence-electron chi connectivity index (χ4n) is 2.11. The van der Waals surface area contributed by atoms with Gasteiger partial charge in [0, 0.05) is 10.7 Å². The molecule has 1 heterocycles. The molecule has 0 aliphatic rings. The van der Waals surface area contributed by atoms with Crippen molar-refractivity contribution in [3.63, 3.8) is 0 Å². The molecular formula is C14H9Cl3N2. The Hall–Kier alpha value is -1.22. The molecule has 19 heavy (non-hydrogen) atoms. The van der Waals surface area contributed by atoms with E-state index in [1.807, 2.05) is 47.0 Å². The fourth-order valence-corrected chi connectivity index (χ4v) is 2.68. The first-order valence-corrected chi connectivity index (χ1v) is 6.97. The van der Waals surface area contributed by atoms with Crippen LogP contribution in [0.4, 0.5) is 0 Å². The molecule has 0 saturated carbocycles. The van der Waals surface area contributed by atoms with E-state index in [1.165, 1.54) is 0 Å². The smallest absolute Gasteiger partial charge is 0.129 e. The van der Waals surface area contributed by atoms with Crippen molar-refractivity contribution in [1.29, 1.82) is 0 Å². The largest absolute Gasteiger partial charge is 0.295 e. The molecule has 2 aromatic carbocycles. The monoisotopic (exact) mass is 310 g/mol. The van der Waals surface area contributed by atoms with Crippen molar-refractivity contribution in [1.82, 2.24) is 9.55 Å². The predicted octanol–water partition coefficient (Wildman–Crippen LogP) is 5.07. The minimum atomic E-state index is 0.303. The SMILES string of the molecule is ClCc1nc2c(Cl)cccc2n1-c1cccc(Cl)c1. The molecule has 5 heteroatoms. The Bertz CT molecular complexity index is 750. The zero-order valence-corrected chi connectivity index (χ0v) is 12.0. The van der Waals surface area contributed by atoms with Crippen LogP contribution in [0.2, 0.25) is 10.0 Å². The second-order valence-corrected chi connectivity index (χ2v) is 5.20. The highest BCUT2D eigenvalue weighted by molar-refractivity contribution is 6.35. The summed E-state index contributed by atoms with van der Waals surface area (Å²) >= 11 is 18.2. The second kappa shape index (κ2) is 5.04. The van der Waals surface area contributed by atoms with Crippen LogP contribution in [0.3, 0.4) is 0 Å². The first-order valence-electron chi connectivity index (χ1n) is 5.68. The summed E-state index contributed by atoms with van der Waals surface area (Å²) in [4.78, 5) is 4.49. The normalized spacial score (nSPS) is 11.1. The molecule has 0 amide bonds. The highest BCUT2D eigenvalue weighted by Gasteiger charge is 2.13. The highest BCUT2D eigenvalue weighted by Crippen LogP contribution is 2.28. The number of hydrogen-bond donors (Lipinski definition) is 0. The summed E-state index contributed by atoms with van der Waals surface area (Å²) in [5.41, 5.74) is 2.60. The number of aromatic nitrogens is 2. The first-order chi connectivity index (χ1) is 9.20. The van der Waals surface area contributed by atoms with E-state index in [4.69, 9.17) is 34.8 Å². The Kier molecular flexibility index (Phi) is 3.40. The molecule has 0 spiro atoms. The van der Waals surface area contributed by atoms with Crippen LogP contribution >= 0.6 is 34.8 Å². The average Bonchev–Trinajstić information content (AvgIpc) is 2.78. The van der Waals surface area contributed by atoms with E-state index in [0.29, 0.717) is 15.9 Å². The summed E-state index contributed by atoms with van der Waals surface area (Å²) in [5.74, 6) is 1.05. The predicted molar refractivity (Wildman–Crippen MR) is 80.6 cm³/mol. The maximum Gasteiger partial charge on any atom is 0.129 e. The Labute approximate surface area is 125 Å². The fraction of sp³-hybridized carbons (Fsp3) is 0.0714. The molecule has 0 atom stereocenters. The third kappa shape index (κ3) is 2.20. The quantitative estimate of drug-likeness (QED) is 0.604. The van der Waals surface area contributed by atoms with E-state index in [2.05, 4.69) is 4.98 Å². The lowest BCUT2D eigenvalue weighted by atomic mass is 10.2. The van der Waals surface area contributed by atoms with Crippen LogP contribution < -0.4 is 0 Å². The Morgan fingerprint density at radius 2 is 1.84 bits per heavy atom. The van der Waals surface area contributed by atoms with Crippen LogP contribution in [0.15, 0.2) is 42.5 Å². The lowest BCUT2D eigenvalue weighted by Crippen LogP contribution is -1.98. The van der Waals surface area contributed by atoms with E-state index in [-0.39, 0.29) is 0 Å². The molecule has 0 bridgehead atoms. The van der Waals surface area contributed by atoms with Crippen molar-refractivity contribution < 1.29 is 0 Å². The molecule has 0 N–H and O–H groups in total. The summed E-state index contributed by atoms with van der Waals surface area (Å²) in [6.07, 6.45) is 0. The molecule has 3 rings (SSSR count). The van der Waals surface area contributed by atoms with Crippen LogP contribution in [-0.4, -0.2) is 9.55 Å².